The Balaban J connectivity index is 1.53. The quantitative estimate of drug-likeness (QED) is 0.500. The number of fused-ring (bicyclic) bond motifs is 1. The van der Waals surface area contributed by atoms with Gasteiger partial charge in [-0.2, -0.15) is 0 Å². The predicted octanol–water partition coefficient (Wildman–Crippen LogP) is 5.99. The molecule has 3 heterocycles. The highest BCUT2D eigenvalue weighted by atomic mass is 16.5. The number of nitrogens with zero attached hydrogens (tertiary/aromatic N) is 3. The first-order chi connectivity index (χ1) is 18.6. The maximum Gasteiger partial charge on any atom is 0.178 e. The van der Waals surface area contributed by atoms with Crippen molar-refractivity contribution in [2.45, 2.75) is 71.9 Å². The molecule has 6 nitrogen and oxygen atoms in total. The Morgan fingerprint density at radius 1 is 1.10 bits per heavy atom. The number of aromatic nitrogens is 1. The predicted molar refractivity (Wildman–Crippen MR) is 156 cm³/mol. The van der Waals surface area contributed by atoms with Gasteiger partial charge in [0.05, 0.1) is 25.2 Å². The number of benzene rings is 1. The van der Waals surface area contributed by atoms with E-state index >= 15 is 0 Å². The normalized spacial score (nSPS) is 24.1. The highest BCUT2D eigenvalue weighted by Gasteiger charge is 2.48. The van der Waals surface area contributed by atoms with Crippen molar-refractivity contribution in [3.05, 3.63) is 88.0 Å². The number of carbonyl (C=O) groups is 1. The third-order valence-electron chi connectivity index (χ3n) is 8.75. The van der Waals surface area contributed by atoms with Crippen LogP contribution in [0.1, 0.15) is 75.9 Å². The minimum absolute atomic E-state index is 0.0605. The molecule has 6 heteroatoms. The fraction of sp³-hybridized carbons (Fsp3) is 0.485. The van der Waals surface area contributed by atoms with Crippen molar-refractivity contribution in [3.8, 4) is 0 Å². The molecule has 0 radical (unpaired) electrons. The fourth-order valence-corrected chi connectivity index (χ4v) is 6.52. The van der Waals surface area contributed by atoms with Crippen molar-refractivity contribution in [1.29, 1.82) is 5.41 Å². The number of aryl methyl sites for hydroxylation is 1. The van der Waals surface area contributed by atoms with E-state index in [0.29, 0.717) is 18.0 Å². The molecular formula is C33H42N4O2. The summed E-state index contributed by atoms with van der Waals surface area (Å²) in [4.78, 5) is 23.4. The van der Waals surface area contributed by atoms with E-state index in [1.165, 1.54) is 19.3 Å². The van der Waals surface area contributed by atoms with Crippen molar-refractivity contribution >= 4 is 11.6 Å². The van der Waals surface area contributed by atoms with Gasteiger partial charge in [-0.1, -0.05) is 63.6 Å². The molecule has 1 aromatic heterocycles. The first-order valence-corrected chi connectivity index (χ1v) is 14.2. The summed E-state index contributed by atoms with van der Waals surface area (Å²) in [6.45, 7) is 12.8. The van der Waals surface area contributed by atoms with Crippen molar-refractivity contribution in [3.63, 3.8) is 0 Å². The van der Waals surface area contributed by atoms with E-state index < -0.39 is 5.54 Å². The zero-order valence-corrected chi connectivity index (χ0v) is 24.3. The van der Waals surface area contributed by atoms with Crippen LogP contribution in [-0.4, -0.2) is 59.2 Å². The number of ketones is 1. The lowest BCUT2D eigenvalue weighted by atomic mass is 9.78. The monoisotopic (exact) mass is 526 g/mol. The number of rotatable bonds is 6. The molecule has 1 fully saturated rings. The second-order valence-corrected chi connectivity index (χ2v) is 12.4. The molecule has 0 spiro atoms. The number of methoxy groups -OCH3 is 1. The van der Waals surface area contributed by atoms with Gasteiger partial charge in [-0.15, -0.1) is 0 Å². The minimum atomic E-state index is -0.661. The van der Waals surface area contributed by atoms with E-state index in [1.807, 2.05) is 36.1 Å². The highest BCUT2D eigenvalue weighted by molar-refractivity contribution is 6.06. The van der Waals surface area contributed by atoms with Gasteiger partial charge in [0, 0.05) is 11.3 Å². The third-order valence-corrected chi connectivity index (χ3v) is 8.75. The van der Waals surface area contributed by atoms with Crippen LogP contribution in [0.25, 0.3) is 0 Å². The summed E-state index contributed by atoms with van der Waals surface area (Å²) < 4.78 is 6.05. The topological polar surface area (TPSA) is 69.5 Å². The number of hydrogen-bond donors (Lipinski definition) is 1. The molecule has 0 amide bonds. The van der Waals surface area contributed by atoms with E-state index in [9.17, 15) is 4.79 Å². The van der Waals surface area contributed by atoms with Gasteiger partial charge in [0.25, 0.3) is 0 Å². The number of amidine groups is 1. The van der Waals surface area contributed by atoms with Crippen LogP contribution in [0.3, 0.4) is 0 Å². The standard InChI is InChI=1S/C33H42N4O2/c1-22-15-16-25-29(35-22)31(34)37(33(25,5)24-13-9-7-10-14-24)21-28(38)23-19-26(32(2,3)4)30(39-6)27(20-23)36-17-11-8-12-18-36/h7,9-10,13-16,19,27,34H,8,11-12,17-18,20-21H2,1-6H3. The average Bonchev–Trinajstić information content (AvgIpc) is 3.14. The molecule has 1 aromatic carbocycles. The van der Waals surface area contributed by atoms with E-state index in [-0.39, 0.29) is 23.8 Å². The van der Waals surface area contributed by atoms with Crippen LogP contribution in [0.15, 0.2) is 65.4 Å². The van der Waals surface area contributed by atoms with Gasteiger partial charge in [0.2, 0.25) is 0 Å². The molecule has 2 atom stereocenters. The lowest BCUT2D eigenvalue weighted by molar-refractivity contribution is -0.116. The molecule has 1 aliphatic carbocycles. The van der Waals surface area contributed by atoms with Gasteiger partial charge in [-0.25, -0.2) is 4.98 Å². The number of likely N-dealkylation sites (tertiary alicyclic amines) is 1. The lowest BCUT2D eigenvalue weighted by Gasteiger charge is -2.41. The molecular weight excluding hydrogens is 484 g/mol. The molecule has 2 aliphatic heterocycles. The largest absolute Gasteiger partial charge is 0.499 e. The zero-order chi connectivity index (χ0) is 27.9. The first-order valence-electron chi connectivity index (χ1n) is 14.2. The summed E-state index contributed by atoms with van der Waals surface area (Å²) >= 11 is 0. The van der Waals surface area contributed by atoms with Crippen LogP contribution in [0.4, 0.5) is 0 Å². The van der Waals surface area contributed by atoms with Gasteiger partial charge in [0.15, 0.2) is 5.78 Å². The first kappa shape index (κ1) is 27.3. The number of pyridine rings is 1. The molecule has 0 saturated carbocycles. The number of Topliss-reactive ketones (excluding diaryl/α,β-unsaturated/α-hetero) is 1. The van der Waals surface area contributed by atoms with Crippen LogP contribution in [0, 0.1) is 17.7 Å². The SMILES string of the molecule is COC1=C(C(C)(C)C)C=C(C(=O)CN2C(=N)c3nc(C)ccc3C2(C)c2ccccc2)CC1N1CCCCC1. The summed E-state index contributed by atoms with van der Waals surface area (Å²) in [7, 11) is 1.77. The molecule has 0 bridgehead atoms. The van der Waals surface area contributed by atoms with Crippen LogP contribution in [-0.2, 0) is 15.1 Å². The summed E-state index contributed by atoms with van der Waals surface area (Å²) in [5, 5.41) is 9.15. The Labute approximate surface area is 233 Å². The summed E-state index contributed by atoms with van der Waals surface area (Å²) in [6.07, 6.45) is 6.32. The van der Waals surface area contributed by atoms with E-state index in [4.69, 9.17) is 15.1 Å². The molecule has 1 saturated heterocycles. The fourth-order valence-electron chi connectivity index (χ4n) is 6.52. The zero-order valence-electron chi connectivity index (χ0n) is 24.3. The number of allylic oxidation sites excluding steroid dienone is 2. The van der Waals surface area contributed by atoms with E-state index in [2.05, 4.69) is 56.9 Å². The maximum absolute atomic E-state index is 14.2. The van der Waals surface area contributed by atoms with Crippen molar-refractivity contribution < 1.29 is 9.53 Å². The highest BCUT2D eigenvalue weighted by Crippen LogP contribution is 2.44. The second-order valence-electron chi connectivity index (χ2n) is 12.4. The number of carbonyl (C=O) groups excluding carboxylic acids is 1. The number of nitrogens with one attached hydrogen (secondary N) is 1. The summed E-state index contributed by atoms with van der Waals surface area (Å²) in [5.41, 5.74) is 4.64. The van der Waals surface area contributed by atoms with Crippen LogP contribution in [0.5, 0.6) is 0 Å². The van der Waals surface area contributed by atoms with Crippen LogP contribution < -0.4 is 0 Å². The molecule has 5 rings (SSSR count). The van der Waals surface area contributed by atoms with Gasteiger partial charge in [-0.3, -0.25) is 15.1 Å². The summed E-state index contributed by atoms with van der Waals surface area (Å²) in [5.74, 6) is 1.36. The van der Waals surface area contributed by atoms with Gasteiger partial charge in [0.1, 0.15) is 17.3 Å². The Kier molecular flexibility index (Phi) is 7.27. The van der Waals surface area contributed by atoms with E-state index in [0.717, 1.165) is 46.8 Å². The second kappa shape index (κ2) is 10.4. The molecule has 2 aromatic rings. The Morgan fingerprint density at radius 3 is 2.44 bits per heavy atom. The van der Waals surface area contributed by atoms with Gasteiger partial charge < -0.3 is 9.64 Å². The Hall–Kier alpha value is -3.25. The molecule has 206 valence electrons. The number of piperidine rings is 1. The van der Waals surface area contributed by atoms with Crippen LogP contribution >= 0.6 is 0 Å². The van der Waals surface area contributed by atoms with Gasteiger partial charge >= 0.3 is 0 Å². The molecule has 3 aliphatic rings. The third kappa shape index (κ3) is 4.84. The molecule has 1 N–H and O–H groups in total. The van der Waals surface area contributed by atoms with Crippen molar-refractivity contribution in [2.24, 2.45) is 5.41 Å². The van der Waals surface area contributed by atoms with E-state index in [1.54, 1.807) is 7.11 Å². The number of ether oxygens (including phenoxy) is 1. The van der Waals surface area contributed by atoms with Crippen LogP contribution in [0.2, 0.25) is 0 Å². The maximum atomic E-state index is 14.2. The Morgan fingerprint density at radius 2 is 1.79 bits per heavy atom. The smallest absolute Gasteiger partial charge is 0.178 e. The lowest BCUT2D eigenvalue weighted by Crippen LogP contribution is -2.47. The minimum Gasteiger partial charge on any atom is -0.499 e. The van der Waals surface area contributed by atoms with Crippen molar-refractivity contribution in [1.82, 2.24) is 14.8 Å². The molecule has 39 heavy (non-hydrogen) atoms. The number of hydrogen-bond acceptors (Lipinski definition) is 5. The molecule has 2 unspecified atom stereocenters. The van der Waals surface area contributed by atoms with Crippen molar-refractivity contribution in [2.75, 3.05) is 26.7 Å². The average molecular weight is 527 g/mol. The van der Waals surface area contributed by atoms with Gasteiger partial charge in [-0.05, 0) is 80.5 Å². The summed E-state index contributed by atoms with van der Waals surface area (Å²) in [6, 6.07) is 14.3. The Bertz CT molecular complexity index is 1330.